The van der Waals surface area contributed by atoms with Gasteiger partial charge in [0, 0.05) is 35.9 Å². The number of amides is 1. The summed E-state index contributed by atoms with van der Waals surface area (Å²) in [5.74, 6) is 5.18. The van der Waals surface area contributed by atoms with Crippen molar-refractivity contribution < 1.29 is 22.8 Å². The van der Waals surface area contributed by atoms with Gasteiger partial charge >= 0.3 is 6.18 Å². The van der Waals surface area contributed by atoms with Gasteiger partial charge in [0.15, 0.2) is 0 Å². The number of hydrogen-bond acceptors (Lipinski definition) is 4. The normalized spacial score (nSPS) is 24.4. The van der Waals surface area contributed by atoms with Gasteiger partial charge in [-0.2, -0.15) is 13.2 Å². The van der Waals surface area contributed by atoms with Gasteiger partial charge in [0.2, 0.25) is 5.91 Å². The molecular formula is C18H15Cl3F3N3O2. The fourth-order valence-corrected chi connectivity index (χ4v) is 3.95. The number of nitrogens with two attached hydrogens (primary N) is 1. The maximum atomic E-state index is 14.1. The molecule has 1 aromatic carbocycles. The number of benzene rings is 1. The number of carbonyl (C=O) groups is 1. The molecule has 156 valence electrons. The Morgan fingerprint density at radius 2 is 2.07 bits per heavy atom. The predicted molar refractivity (Wildman–Crippen MR) is 106 cm³/mol. The maximum absolute atomic E-state index is 14.1. The van der Waals surface area contributed by atoms with Crippen molar-refractivity contribution in [2.45, 2.75) is 36.9 Å². The van der Waals surface area contributed by atoms with E-state index in [1.165, 1.54) is 37.3 Å². The van der Waals surface area contributed by atoms with E-state index in [1.807, 2.05) is 0 Å². The average molecular weight is 469 g/mol. The Bertz CT molecular complexity index is 946. The van der Waals surface area contributed by atoms with Gasteiger partial charge in [0.25, 0.3) is 5.60 Å². The molecule has 1 aromatic rings. The highest BCUT2D eigenvalue weighted by atomic mass is 35.5. The predicted octanol–water partition coefficient (Wildman–Crippen LogP) is 5.05. The Morgan fingerprint density at radius 1 is 1.38 bits per heavy atom. The minimum Gasteiger partial charge on any atom is -0.374 e. The molecule has 11 heteroatoms. The van der Waals surface area contributed by atoms with E-state index in [1.54, 1.807) is 0 Å². The van der Waals surface area contributed by atoms with E-state index < -0.39 is 29.5 Å². The van der Waals surface area contributed by atoms with Gasteiger partial charge in [-0.25, -0.2) is 10.9 Å². The Labute approximate surface area is 179 Å². The van der Waals surface area contributed by atoms with Crippen molar-refractivity contribution in [2.24, 2.45) is 11.0 Å². The molecule has 5 nitrogen and oxygen atoms in total. The third kappa shape index (κ3) is 4.12. The molecule has 0 saturated carbocycles. The molecule has 0 aromatic heterocycles. The molecule has 1 aliphatic carbocycles. The highest BCUT2D eigenvalue weighted by molar-refractivity contribution is 6.34. The van der Waals surface area contributed by atoms with Crippen molar-refractivity contribution in [2.75, 3.05) is 5.01 Å². The second-order valence-corrected chi connectivity index (χ2v) is 8.07. The quantitative estimate of drug-likeness (QED) is 0.292. The monoisotopic (exact) mass is 467 g/mol. The smallest absolute Gasteiger partial charge is 0.374 e. The van der Waals surface area contributed by atoms with Crippen LogP contribution >= 0.6 is 34.8 Å². The van der Waals surface area contributed by atoms with Crippen molar-refractivity contribution in [3.05, 3.63) is 51.5 Å². The number of halogens is 6. The minimum absolute atomic E-state index is 0.0133. The zero-order chi connectivity index (χ0) is 21.6. The average Bonchev–Trinajstić information content (AvgIpc) is 3.07. The van der Waals surface area contributed by atoms with Crippen LogP contribution in [0.1, 0.15) is 25.3 Å². The summed E-state index contributed by atoms with van der Waals surface area (Å²) in [7, 11) is 0. The third-order valence-corrected chi connectivity index (χ3v) is 5.46. The summed E-state index contributed by atoms with van der Waals surface area (Å²) in [5, 5.41) is 4.13. The summed E-state index contributed by atoms with van der Waals surface area (Å²) in [6.45, 7) is 1.22. The summed E-state index contributed by atoms with van der Waals surface area (Å²) >= 11 is 18.0. The fourth-order valence-electron chi connectivity index (χ4n) is 3.07. The number of oxime groups is 1. The van der Waals surface area contributed by atoms with E-state index in [0.29, 0.717) is 0 Å². The van der Waals surface area contributed by atoms with Crippen LogP contribution in [0.3, 0.4) is 0 Å². The standard InChI is InChI=1S/C18H15Cl3F3N3O2/c1-9(28)27(25)16-4-10(2-3-14(16)21)15-8-17(29-26-15,18(22,23)24)11-5-12(19)7-13(20)6-11/h2-6,12H,7-8,25H2,1H3. The first-order chi connectivity index (χ1) is 13.4. The van der Waals surface area contributed by atoms with Crippen LogP contribution < -0.4 is 10.9 Å². The van der Waals surface area contributed by atoms with Gasteiger partial charge in [0.1, 0.15) is 0 Å². The Morgan fingerprint density at radius 3 is 2.66 bits per heavy atom. The van der Waals surface area contributed by atoms with Gasteiger partial charge in [-0.1, -0.05) is 40.5 Å². The lowest BCUT2D eigenvalue weighted by atomic mass is 9.83. The van der Waals surface area contributed by atoms with Gasteiger partial charge in [-0.3, -0.25) is 4.79 Å². The highest BCUT2D eigenvalue weighted by Gasteiger charge is 2.63. The molecule has 1 amide bonds. The molecule has 29 heavy (non-hydrogen) atoms. The van der Waals surface area contributed by atoms with E-state index in [4.69, 9.17) is 45.5 Å². The van der Waals surface area contributed by atoms with Gasteiger partial charge in [-0.15, -0.1) is 11.6 Å². The molecule has 2 unspecified atom stereocenters. The van der Waals surface area contributed by atoms with Crippen LogP contribution in [0.15, 0.2) is 46.1 Å². The summed E-state index contributed by atoms with van der Waals surface area (Å²) < 4.78 is 42.2. The topological polar surface area (TPSA) is 67.9 Å². The number of hydrogen-bond donors (Lipinski definition) is 1. The van der Waals surface area contributed by atoms with Crippen molar-refractivity contribution in [3.63, 3.8) is 0 Å². The second kappa shape index (κ2) is 7.83. The number of rotatable bonds is 3. The number of alkyl halides is 4. The largest absolute Gasteiger partial charge is 0.435 e. The summed E-state index contributed by atoms with van der Waals surface area (Å²) in [4.78, 5) is 16.5. The molecule has 0 radical (unpaired) electrons. The zero-order valence-corrected chi connectivity index (χ0v) is 17.2. The minimum atomic E-state index is -4.79. The highest BCUT2D eigenvalue weighted by Crippen LogP contribution is 2.48. The molecule has 2 atom stereocenters. The van der Waals surface area contributed by atoms with Crippen LogP contribution in [-0.2, 0) is 9.63 Å². The lowest BCUT2D eigenvalue weighted by molar-refractivity contribution is -0.252. The molecule has 2 N–H and O–H groups in total. The van der Waals surface area contributed by atoms with E-state index in [9.17, 15) is 18.0 Å². The number of carbonyl (C=O) groups excluding carboxylic acids is 1. The van der Waals surface area contributed by atoms with Crippen LogP contribution in [0, 0.1) is 0 Å². The first-order valence-electron chi connectivity index (χ1n) is 8.34. The number of allylic oxidation sites excluding steroid dienone is 2. The van der Waals surface area contributed by atoms with E-state index >= 15 is 0 Å². The first kappa shape index (κ1) is 22.0. The SMILES string of the molecule is CC(=O)N(N)c1cc(C2=NOC(C3=CC(Cl)CC(Cl)=C3)(C(F)(F)F)C2)ccc1Cl. The number of hydrazine groups is 1. The van der Waals surface area contributed by atoms with E-state index in [0.717, 1.165) is 5.01 Å². The second-order valence-electron chi connectivity index (χ2n) is 6.62. The van der Waals surface area contributed by atoms with Crippen molar-refractivity contribution in [1.82, 2.24) is 0 Å². The van der Waals surface area contributed by atoms with E-state index in [2.05, 4.69) is 5.16 Å². The lowest BCUT2D eigenvalue weighted by Crippen LogP contribution is -2.47. The Balaban J connectivity index is 2.00. The molecule has 0 fully saturated rings. The molecule has 1 aliphatic heterocycles. The van der Waals surface area contributed by atoms with Crippen molar-refractivity contribution in [1.29, 1.82) is 0 Å². The number of nitrogens with zero attached hydrogens (tertiary/aromatic N) is 2. The van der Waals surface area contributed by atoms with E-state index in [-0.39, 0.29) is 39.0 Å². The number of anilines is 1. The van der Waals surface area contributed by atoms with Crippen molar-refractivity contribution >= 4 is 52.1 Å². The Kier molecular flexibility index (Phi) is 5.93. The molecule has 3 rings (SSSR count). The van der Waals surface area contributed by atoms with Crippen LogP contribution in [0.4, 0.5) is 18.9 Å². The molecule has 0 saturated heterocycles. The van der Waals surface area contributed by atoms with Crippen molar-refractivity contribution in [3.8, 4) is 0 Å². The summed E-state index contributed by atoms with van der Waals surface area (Å²) in [5.41, 5.74) is -2.51. The molecule has 1 heterocycles. The molecule has 2 aliphatic rings. The summed E-state index contributed by atoms with van der Waals surface area (Å²) in [6, 6.07) is 4.26. The van der Waals surface area contributed by atoms with Crippen LogP contribution in [0.5, 0.6) is 0 Å². The van der Waals surface area contributed by atoms with Crippen LogP contribution in [-0.4, -0.2) is 28.8 Å². The van der Waals surface area contributed by atoms with Crippen LogP contribution in [0.25, 0.3) is 0 Å². The lowest BCUT2D eigenvalue weighted by Gasteiger charge is -2.32. The molecule has 0 bridgehead atoms. The van der Waals surface area contributed by atoms with Crippen LogP contribution in [0.2, 0.25) is 5.02 Å². The Hall–Kier alpha value is -1.74. The van der Waals surface area contributed by atoms with Gasteiger partial charge < -0.3 is 4.84 Å². The van der Waals surface area contributed by atoms with Gasteiger partial charge in [-0.05, 0) is 18.2 Å². The maximum Gasteiger partial charge on any atom is 0.435 e. The zero-order valence-electron chi connectivity index (χ0n) is 14.9. The molecule has 0 spiro atoms. The first-order valence-corrected chi connectivity index (χ1v) is 9.53. The summed E-state index contributed by atoms with van der Waals surface area (Å²) in [6.07, 6.45) is -2.70. The fraction of sp³-hybridized carbons (Fsp3) is 0.333. The van der Waals surface area contributed by atoms with Gasteiger partial charge in [0.05, 0.1) is 21.8 Å². The third-order valence-electron chi connectivity index (χ3n) is 4.59. The molecular weight excluding hydrogens is 454 g/mol.